The molecule has 1 N–H and O–H groups in total. The molecule has 1 unspecified atom stereocenters. The average Bonchev–Trinajstić information content (AvgIpc) is 2.77. The Balaban J connectivity index is 2.17. The van der Waals surface area contributed by atoms with E-state index in [2.05, 4.69) is 5.32 Å². The van der Waals surface area contributed by atoms with Crippen LogP contribution in [0.2, 0.25) is 0 Å². The molecule has 0 heterocycles. The van der Waals surface area contributed by atoms with Crippen LogP contribution in [0.5, 0.6) is 5.75 Å². The highest BCUT2D eigenvalue weighted by Crippen LogP contribution is 2.17. The number of aryl methyl sites for hydroxylation is 1. The number of methoxy groups -OCH3 is 1. The fourth-order valence-corrected chi connectivity index (χ4v) is 3.25. The van der Waals surface area contributed by atoms with E-state index in [0.29, 0.717) is 32.4 Å². The van der Waals surface area contributed by atoms with Gasteiger partial charge >= 0.3 is 0 Å². The minimum absolute atomic E-state index is 0.0110. The summed E-state index contributed by atoms with van der Waals surface area (Å²) in [6, 6.07) is 17.1. The van der Waals surface area contributed by atoms with E-state index in [9.17, 15) is 9.59 Å². The number of hydrogen-bond acceptors (Lipinski definition) is 3. The molecule has 0 radical (unpaired) electrons. The van der Waals surface area contributed by atoms with Gasteiger partial charge in [0.1, 0.15) is 11.8 Å². The normalized spacial score (nSPS) is 11.6. The van der Waals surface area contributed by atoms with E-state index in [4.69, 9.17) is 4.74 Å². The monoisotopic (exact) mass is 396 g/mol. The van der Waals surface area contributed by atoms with E-state index < -0.39 is 6.04 Å². The summed E-state index contributed by atoms with van der Waals surface area (Å²) in [5.74, 6) is 0.669. The van der Waals surface area contributed by atoms with Gasteiger partial charge in [0.2, 0.25) is 11.8 Å². The number of rotatable bonds is 11. The second-order valence-electron chi connectivity index (χ2n) is 7.07. The van der Waals surface area contributed by atoms with Gasteiger partial charge in [0, 0.05) is 19.5 Å². The maximum Gasteiger partial charge on any atom is 0.242 e. The highest BCUT2D eigenvalue weighted by molar-refractivity contribution is 5.87. The fraction of sp³-hybridized carbons (Fsp3) is 0.417. The number of ether oxygens (including phenoxy) is 1. The molecule has 0 aromatic heterocycles. The summed E-state index contributed by atoms with van der Waals surface area (Å²) in [7, 11) is 1.62. The van der Waals surface area contributed by atoms with Crippen molar-refractivity contribution in [3.8, 4) is 5.75 Å². The molecule has 2 rings (SSSR count). The van der Waals surface area contributed by atoms with E-state index in [1.54, 1.807) is 12.0 Å². The van der Waals surface area contributed by atoms with Crippen LogP contribution in [0.3, 0.4) is 0 Å². The van der Waals surface area contributed by atoms with Crippen LogP contribution in [0.15, 0.2) is 54.6 Å². The lowest BCUT2D eigenvalue weighted by Crippen LogP contribution is -2.49. The van der Waals surface area contributed by atoms with Gasteiger partial charge in [-0.15, -0.1) is 0 Å². The van der Waals surface area contributed by atoms with Gasteiger partial charge in [-0.2, -0.15) is 0 Å². The summed E-state index contributed by atoms with van der Waals surface area (Å²) < 4.78 is 5.22. The number of amides is 2. The molecule has 0 aliphatic heterocycles. The molecule has 2 amide bonds. The van der Waals surface area contributed by atoms with Crippen LogP contribution >= 0.6 is 0 Å². The highest BCUT2D eigenvalue weighted by Gasteiger charge is 2.28. The van der Waals surface area contributed by atoms with Gasteiger partial charge in [-0.25, -0.2) is 0 Å². The molecule has 1 atom stereocenters. The number of hydrogen-bond donors (Lipinski definition) is 1. The van der Waals surface area contributed by atoms with Crippen molar-refractivity contribution in [1.82, 2.24) is 10.2 Å². The summed E-state index contributed by atoms with van der Waals surface area (Å²) >= 11 is 0. The standard InChI is InChI=1S/C24H32N2O3/c1-4-17-25-24(28)22(5-2)26(18-20-11-14-21(29-3)15-12-20)23(27)16-13-19-9-7-6-8-10-19/h6-12,14-15,22H,4-5,13,16-18H2,1-3H3,(H,25,28). The Morgan fingerprint density at radius 2 is 1.69 bits per heavy atom. The van der Waals surface area contributed by atoms with Crippen LogP contribution in [0, 0.1) is 0 Å². The molecule has 0 spiro atoms. The van der Waals surface area contributed by atoms with Crippen LogP contribution in [-0.4, -0.2) is 36.4 Å². The number of nitrogens with one attached hydrogen (secondary N) is 1. The van der Waals surface area contributed by atoms with Crippen molar-refractivity contribution in [2.45, 2.75) is 52.1 Å². The number of nitrogens with zero attached hydrogens (tertiary/aromatic N) is 1. The van der Waals surface area contributed by atoms with Crippen LogP contribution in [0.25, 0.3) is 0 Å². The van der Waals surface area contributed by atoms with Gasteiger partial charge in [0.25, 0.3) is 0 Å². The predicted molar refractivity (Wildman–Crippen MR) is 116 cm³/mol. The third-order valence-corrected chi connectivity index (χ3v) is 4.92. The molecule has 0 aliphatic rings. The fourth-order valence-electron chi connectivity index (χ4n) is 3.25. The summed E-state index contributed by atoms with van der Waals surface area (Å²) in [5, 5.41) is 2.94. The number of carbonyl (C=O) groups excluding carboxylic acids is 2. The maximum absolute atomic E-state index is 13.1. The number of benzene rings is 2. The topological polar surface area (TPSA) is 58.6 Å². The second-order valence-corrected chi connectivity index (χ2v) is 7.07. The van der Waals surface area contributed by atoms with Gasteiger partial charge < -0.3 is 15.0 Å². The minimum atomic E-state index is -0.480. The van der Waals surface area contributed by atoms with E-state index in [0.717, 1.165) is 23.3 Å². The Morgan fingerprint density at radius 3 is 2.28 bits per heavy atom. The lowest BCUT2D eigenvalue weighted by molar-refractivity contribution is -0.141. The lowest BCUT2D eigenvalue weighted by Gasteiger charge is -2.31. The van der Waals surface area contributed by atoms with E-state index in [1.165, 1.54) is 0 Å². The first-order valence-corrected chi connectivity index (χ1v) is 10.3. The number of carbonyl (C=O) groups is 2. The molecule has 0 saturated heterocycles. The zero-order valence-corrected chi connectivity index (χ0v) is 17.7. The average molecular weight is 397 g/mol. The van der Waals surface area contributed by atoms with Crippen LogP contribution < -0.4 is 10.1 Å². The Labute approximate surface area is 174 Å². The summed E-state index contributed by atoms with van der Waals surface area (Å²) in [5.41, 5.74) is 2.09. The van der Waals surface area contributed by atoms with Crippen LogP contribution in [0.1, 0.15) is 44.2 Å². The van der Waals surface area contributed by atoms with Gasteiger partial charge in [0.05, 0.1) is 7.11 Å². The first-order valence-electron chi connectivity index (χ1n) is 10.3. The highest BCUT2D eigenvalue weighted by atomic mass is 16.5. The molecule has 29 heavy (non-hydrogen) atoms. The molecule has 0 fully saturated rings. The van der Waals surface area contributed by atoms with Crippen molar-refractivity contribution < 1.29 is 14.3 Å². The predicted octanol–water partition coefficient (Wildman–Crippen LogP) is 3.96. The van der Waals surface area contributed by atoms with Gasteiger partial charge in [-0.05, 0) is 42.5 Å². The molecule has 2 aromatic rings. The zero-order valence-electron chi connectivity index (χ0n) is 17.7. The molecule has 0 aliphatic carbocycles. The first-order chi connectivity index (χ1) is 14.1. The molecule has 156 valence electrons. The van der Waals surface area contributed by atoms with E-state index in [1.807, 2.05) is 68.4 Å². The molecular formula is C24H32N2O3. The quantitative estimate of drug-likeness (QED) is 0.625. The first kappa shape index (κ1) is 22.5. The SMILES string of the molecule is CCCNC(=O)C(CC)N(Cc1ccc(OC)cc1)C(=O)CCc1ccccc1. The van der Waals surface area contributed by atoms with Crippen molar-refractivity contribution in [2.24, 2.45) is 0 Å². The van der Waals surface area contributed by atoms with Crippen LogP contribution in [0.4, 0.5) is 0 Å². The van der Waals surface area contributed by atoms with E-state index >= 15 is 0 Å². The molecule has 5 nitrogen and oxygen atoms in total. The summed E-state index contributed by atoms with van der Waals surface area (Å²) in [6.45, 7) is 4.97. The second kappa shape index (κ2) is 11.9. The zero-order chi connectivity index (χ0) is 21.1. The maximum atomic E-state index is 13.1. The van der Waals surface area contributed by atoms with Crippen molar-refractivity contribution >= 4 is 11.8 Å². The Kier molecular flexibility index (Phi) is 9.22. The van der Waals surface area contributed by atoms with Crippen LogP contribution in [-0.2, 0) is 22.6 Å². The Hall–Kier alpha value is -2.82. The van der Waals surface area contributed by atoms with Crippen molar-refractivity contribution in [3.63, 3.8) is 0 Å². The Bertz CT molecular complexity index is 759. The summed E-state index contributed by atoms with van der Waals surface area (Å²) in [6.07, 6.45) is 2.47. The van der Waals surface area contributed by atoms with Crippen molar-refractivity contribution in [1.29, 1.82) is 0 Å². The van der Waals surface area contributed by atoms with Gasteiger partial charge in [-0.1, -0.05) is 56.3 Å². The van der Waals surface area contributed by atoms with Crippen molar-refractivity contribution in [3.05, 3.63) is 65.7 Å². The van der Waals surface area contributed by atoms with E-state index in [-0.39, 0.29) is 11.8 Å². The largest absolute Gasteiger partial charge is 0.497 e. The third-order valence-electron chi connectivity index (χ3n) is 4.92. The molecule has 0 saturated carbocycles. The summed E-state index contributed by atoms with van der Waals surface area (Å²) in [4.78, 5) is 27.6. The van der Waals surface area contributed by atoms with Gasteiger partial charge in [-0.3, -0.25) is 9.59 Å². The third kappa shape index (κ3) is 6.93. The Morgan fingerprint density at radius 1 is 1.00 bits per heavy atom. The molecule has 5 heteroatoms. The van der Waals surface area contributed by atoms with Gasteiger partial charge in [0.15, 0.2) is 0 Å². The van der Waals surface area contributed by atoms with Crippen molar-refractivity contribution in [2.75, 3.05) is 13.7 Å². The minimum Gasteiger partial charge on any atom is -0.497 e. The smallest absolute Gasteiger partial charge is 0.242 e. The molecule has 0 bridgehead atoms. The molecular weight excluding hydrogens is 364 g/mol. The molecule has 2 aromatic carbocycles. The lowest BCUT2D eigenvalue weighted by atomic mass is 10.1.